The molecule has 12 heavy (non-hydrogen) atoms. The Morgan fingerprint density at radius 3 is 3.00 bits per heavy atom. The van der Waals surface area contributed by atoms with Crippen LogP contribution in [-0.2, 0) is 0 Å². The predicted octanol–water partition coefficient (Wildman–Crippen LogP) is 1.53. The van der Waals surface area contributed by atoms with Crippen LogP contribution in [0.5, 0.6) is 0 Å². The summed E-state index contributed by atoms with van der Waals surface area (Å²) in [5, 5.41) is 0. The molecule has 1 aromatic heterocycles. The third-order valence-corrected chi connectivity index (χ3v) is 2.63. The third kappa shape index (κ3) is 1.34. The Hall–Kier alpha value is -0.890. The molecular weight excluding hydrogens is 148 g/mol. The lowest BCUT2D eigenvalue weighted by atomic mass is 10.1. The highest BCUT2D eigenvalue weighted by atomic mass is 14.7. The molecule has 0 bridgehead atoms. The summed E-state index contributed by atoms with van der Waals surface area (Å²) in [5.74, 6) is 1.37. The number of hydrogen-bond acceptors (Lipinski definition) is 2. The zero-order chi connectivity index (χ0) is 8.55. The molecule has 1 fully saturated rings. The largest absolute Gasteiger partial charge is 0.328 e. The average molecular weight is 162 g/mol. The van der Waals surface area contributed by atoms with Gasteiger partial charge in [-0.25, -0.2) is 0 Å². The van der Waals surface area contributed by atoms with Crippen LogP contribution in [0, 0.1) is 5.92 Å². The normalized spacial score (nSPS) is 29.8. The maximum atomic E-state index is 5.81. The highest BCUT2D eigenvalue weighted by Gasteiger charge is 2.40. The van der Waals surface area contributed by atoms with E-state index in [0.29, 0.717) is 17.9 Å². The molecule has 0 radical (unpaired) electrons. The van der Waals surface area contributed by atoms with Crippen LogP contribution < -0.4 is 5.73 Å². The summed E-state index contributed by atoms with van der Waals surface area (Å²) in [5.41, 5.74) is 7.15. The van der Waals surface area contributed by atoms with Gasteiger partial charge in [-0.15, -0.1) is 0 Å². The first-order valence-corrected chi connectivity index (χ1v) is 4.44. The van der Waals surface area contributed by atoms with Gasteiger partial charge >= 0.3 is 0 Å². The van der Waals surface area contributed by atoms with Crippen molar-refractivity contribution in [2.45, 2.75) is 25.3 Å². The van der Waals surface area contributed by atoms with Crippen LogP contribution in [0.4, 0.5) is 0 Å². The van der Waals surface area contributed by atoms with Gasteiger partial charge in [0.1, 0.15) is 0 Å². The SMILES string of the molecule is C[C@H](N)[C@@H]1C[C@@H]1c1cccnc1. The Balaban J connectivity index is 2.06. The molecule has 64 valence electrons. The molecule has 2 rings (SSSR count). The number of hydrogen-bond donors (Lipinski definition) is 1. The van der Waals surface area contributed by atoms with Crippen molar-refractivity contribution >= 4 is 0 Å². The van der Waals surface area contributed by atoms with Gasteiger partial charge in [0.15, 0.2) is 0 Å². The van der Waals surface area contributed by atoms with Crippen LogP contribution >= 0.6 is 0 Å². The summed E-state index contributed by atoms with van der Waals surface area (Å²) >= 11 is 0. The van der Waals surface area contributed by atoms with E-state index in [1.165, 1.54) is 12.0 Å². The maximum absolute atomic E-state index is 5.81. The Bertz CT molecular complexity index is 256. The molecule has 0 aliphatic heterocycles. The van der Waals surface area contributed by atoms with E-state index in [4.69, 9.17) is 5.73 Å². The zero-order valence-electron chi connectivity index (χ0n) is 7.27. The van der Waals surface area contributed by atoms with E-state index in [1.807, 2.05) is 18.5 Å². The summed E-state index contributed by atoms with van der Waals surface area (Å²) in [7, 11) is 0. The molecule has 3 atom stereocenters. The Morgan fingerprint density at radius 2 is 2.50 bits per heavy atom. The monoisotopic (exact) mass is 162 g/mol. The Labute approximate surface area is 72.8 Å². The summed E-state index contributed by atoms with van der Waals surface area (Å²) in [6, 6.07) is 4.46. The molecule has 1 saturated carbocycles. The van der Waals surface area contributed by atoms with E-state index in [0.717, 1.165) is 0 Å². The summed E-state index contributed by atoms with van der Waals surface area (Å²) in [4.78, 5) is 4.10. The van der Waals surface area contributed by atoms with Crippen molar-refractivity contribution in [3.8, 4) is 0 Å². The van der Waals surface area contributed by atoms with Gasteiger partial charge in [-0.05, 0) is 36.8 Å². The minimum atomic E-state index is 0.329. The molecule has 1 aliphatic rings. The van der Waals surface area contributed by atoms with Crippen LogP contribution in [0.15, 0.2) is 24.5 Å². The molecule has 0 unspecified atom stereocenters. The Morgan fingerprint density at radius 1 is 1.67 bits per heavy atom. The molecular formula is C10H14N2. The van der Waals surface area contributed by atoms with E-state index in [1.54, 1.807) is 0 Å². The number of aromatic nitrogens is 1. The van der Waals surface area contributed by atoms with Crippen molar-refractivity contribution in [1.29, 1.82) is 0 Å². The highest BCUT2D eigenvalue weighted by molar-refractivity contribution is 5.23. The van der Waals surface area contributed by atoms with E-state index in [9.17, 15) is 0 Å². The van der Waals surface area contributed by atoms with Crippen molar-refractivity contribution in [2.75, 3.05) is 0 Å². The van der Waals surface area contributed by atoms with Gasteiger partial charge in [0, 0.05) is 18.4 Å². The van der Waals surface area contributed by atoms with E-state index in [2.05, 4.69) is 18.0 Å². The number of nitrogens with zero attached hydrogens (tertiary/aromatic N) is 1. The topological polar surface area (TPSA) is 38.9 Å². The van der Waals surface area contributed by atoms with Gasteiger partial charge in [-0.3, -0.25) is 4.98 Å². The molecule has 1 aromatic rings. The minimum Gasteiger partial charge on any atom is -0.328 e. The number of rotatable bonds is 2. The van der Waals surface area contributed by atoms with Gasteiger partial charge in [-0.2, -0.15) is 0 Å². The van der Waals surface area contributed by atoms with Crippen LogP contribution in [0.1, 0.15) is 24.8 Å². The molecule has 2 nitrogen and oxygen atoms in total. The van der Waals surface area contributed by atoms with Gasteiger partial charge in [0.05, 0.1) is 0 Å². The fourth-order valence-electron chi connectivity index (χ4n) is 1.77. The number of pyridine rings is 1. The lowest BCUT2D eigenvalue weighted by Gasteiger charge is -2.02. The van der Waals surface area contributed by atoms with Crippen molar-refractivity contribution in [2.24, 2.45) is 11.7 Å². The molecule has 0 aromatic carbocycles. The first-order chi connectivity index (χ1) is 5.79. The first-order valence-electron chi connectivity index (χ1n) is 4.44. The van der Waals surface area contributed by atoms with E-state index >= 15 is 0 Å². The van der Waals surface area contributed by atoms with E-state index in [-0.39, 0.29) is 0 Å². The van der Waals surface area contributed by atoms with Crippen molar-refractivity contribution < 1.29 is 0 Å². The number of nitrogens with two attached hydrogens (primary N) is 1. The summed E-state index contributed by atoms with van der Waals surface area (Å²) in [6.45, 7) is 2.08. The minimum absolute atomic E-state index is 0.329. The fraction of sp³-hybridized carbons (Fsp3) is 0.500. The van der Waals surface area contributed by atoms with Crippen molar-refractivity contribution in [3.05, 3.63) is 30.1 Å². The second-order valence-electron chi connectivity index (χ2n) is 3.65. The van der Waals surface area contributed by atoms with Gasteiger partial charge in [-0.1, -0.05) is 6.07 Å². The van der Waals surface area contributed by atoms with Gasteiger partial charge < -0.3 is 5.73 Å². The fourth-order valence-corrected chi connectivity index (χ4v) is 1.77. The van der Waals surface area contributed by atoms with Crippen LogP contribution in [0.25, 0.3) is 0 Å². The van der Waals surface area contributed by atoms with Crippen molar-refractivity contribution in [3.63, 3.8) is 0 Å². The maximum Gasteiger partial charge on any atom is 0.0302 e. The molecule has 0 saturated heterocycles. The van der Waals surface area contributed by atoms with Gasteiger partial charge in [0.2, 0.25) is 0 Å². The molecule has 1 heterocycles. The molecule has 0 amide bonds. The van der Waals surface area contributed by atoms with Crippen molar-refractivity contribution in [1.82, 2.24) is 4.98 Å². The van der Waals surface area contributed by atoms with E-state index < -0.39 is 0 Å². The van der Waals surface area contributed by atoms with Crippen LogP contribution in [-0.4, -0.2) is 11.0 Å². The third-order valence-electron chi connectivity index (χ3n) is 2.63. The molecule has 0 spiro atoms. The quantitative estimate of drug-likeness (QED) is 0.716. The van der Waals surface area contributed by atoms with Crippen LogP contribution in [0.3, 0.4) is 0 Å². The summed E-state index contributed by atoms with van der Waals surface area (Å²) < 4.78 is 0. The smallest absolute Gasteiger partial charge is 0.0302 e. The molecule has 1 aliphatic carbocycles. The standard InChI is InChI=1S/C10H14N2/c1-7(11)9-5-10(9)8-3-2-4-12-6-8/h2-4,6-7,9-10H,5,11H2,1H3/t7-,9-,10+/m0/s1. The zero-order valence-corrected chi connectivity index (χ0v) is 7.27. The molecule has 2 N–H and O–H groups in total. The molecule has 2 heteroatoms. The summed E-state index contributed by atoms with van der Waals surface area (Å²) in [6.07, 6.45) is 5.00. The predicted molar refractivity (Wildman–Crippen MR) is 48.7 cm³/mol. The lowest BCUT2D eigenvalue weighted by molar-refractivity contribution is 0.631. The average Bonchev–Trinajstić information content (AvgIpc) is 2.84. The van der Waals surface area contributed by atoms with Gasteiger partial charge in [0.25, 0.3) is 0 Å². The van der Waals surface area contributed by atoms with Crippen LogP contribution in [0.2, 0.25) is 0 Å². The second kappa shape index (κ2) is 2.87. The second-order valence-corrected chi connectivity index (χ2v) is 3.65. The lowest BCUT2D eigenvalue weighted by Crippen LogP contribution is -2.17. The Kier molecular flexibility index (Phi) is 1.85. The first kappa shape index (κ1) is 7.74. The highest BCUT2D eigenvalue weighted by Crippen LogP contribution is 2.48.